The Bertz CT molecular complexity index is 533. The second kappa shape index (κ2) is 12.4. The molecule has 140 valence electrons. The Morgan fingerprint density at radius 3 is 2.68 bits per heavy atom. The lowest BCUT2D eigenvalue weighted by atomic mass is 10.1. The Kier molecular flexibility index (Phi) is 11.0. The fourth-order valence-electron chi connectivity index (χ4n) is 2.45. The van der Waals surface area contributed by atoms with Gasteiger partial charge in [0.15, 0.2) is 5.96 Å². The highest BCUT2D eigenvalue weighted by Gasteiger charge is 2.15. The van der Waals surface area contributed by atoms with E-state index in [-0.39, 0.29) is 36.4 Å². The second-order valence-electron chi connectivity index (χ2n) is 6.13. The SMILES string of the molecule is CN(C)C(=O)CN=C(NCCc1ccccc1)NCC1CCCS1.I. The molecule has 5 nitrogen and oxygen atoms in total. The molecule has 1 unspecified atom stereocenters. The van der Waals surface area contributed by atoms with Gasteiger partial charge in [-0.25, -0.2) is 4.99 Å². The van der Waals surface area contributed by atoms with Crippen LogP contribution in [0.15, 0.2) is 35.3 Å². The van der Waals surface area contributed by atoms with Gasteiger partial charge in [-0.2, -0.15) is 11.8 Å². The van der Waals surface area contributed by atoms with E-state index in [9.17, 15) is 4.79 Å². The minimum Gasteiger partial charge on any atom is -0.356 e. The first kappa shape index (κ1) is 22.1. The van der Waals surface area contributed by atoms with Crippen LogP contribution in [0.3, 0.4) is 0 Å². The number of guanidine groups is 1. The molecule has 0 radical (unpaired) electrons. The topological polar surface area (TPSA) is 56.7 Å². The van der Waals surface area contributed by atoms with Crippen LogP contribution in [0.1, 0.15) is 18.4 Å². The standard InChI is InChI=1S/C18H28N4OS.HI/c1-22(2)17(23)14-21-18(20-13-16-9-6-12-24-16)19-11-10-15-7-4-3-5-8-15;/h3-5,7-8,16H,6,9-14H2,1-2H3,(H2,19,20,21);1H. The third kappa shape index (κ3) is 8.80. The second-order valence-corrected chi connectivity index (χ2v) is 7.54. The van der Waals surface area contributed by atoms with E-state index in [0.29, 0.717) is 5.25 Å². The first-order valence-corrected chi connectivity index (χ1v) is 9.58. The molecule has 2 rings (SSSR count). The lowest BCUT2D eigenvalue weighted by Gasteiger charge is -2.16. The van der Waals surface area contributed by atoms with Gasteiger partial charge >= 0.3 is 0 Å². The first-order valence-electron chi connectivity index (χ1n) is 8.53. The molecule has 0 spiro atoms. The molecule has 1 aliphatic heterocycles. The van der Waals surface area contributed by atoms with Crippen LogP contribution in [0.5, 0.6) is 0 Å². The number of halogens is 1. The van der Waals surface area contributed by atoms with Crippen molar-refractivity contribution < 1.29 is 4.79 Å². The molecule has 0 saturated carbocycles. The Labute approximate surface area is 172 Å². The smallest absolute Gasteiger partial charge is 0.243 e. The molecule has 25 heavy (non-hydrogen) atoms. The molecule has 7 heteroatoms. The van der Waals surface area contributed by atoms with E-state index >= 15 is 0 Å². The van der Waals surface area contributed by atoms with E-state index in [1.54, 1.807) is 19.0 Å². The Morgan fingerprint density at radius 2 is 2.04 bits per heavy atom. The van der Waals surface area contributed by atoms with Crippen molar-refractivity contribution in [2.45, 2.75) is 24.5 Å². The van der Waals surface area contributed by atoms with Crippen molar-refractivity contribution in [2.24, 2.45) is 4.99 Å². The van der Waals surface area contributed by atoms with Gasteiger partial charge < -0.3 is 15.5 Å². The number of benzene rings is 1. The Hall–Kier alpha value is -0.960. The summed E-state index contributed by atoms with van der Waals surface area (Å²) < 4.78 is 0. The van der Waals surface area contributed by atoms with Crippen molar-refractivity contribution in [1.82, 2.24) is 15.5 Å². The van der Waals surface area contributed by atoms with Crippen molar-refractivity contribution in [1.29, 1.82) is 0 Å². The molecule has 1 aromatic carbocycles. The molecular weight excluding hydrogens is 447 g/mol. The van der Waals surface area contributed by atoms with Crippen LogP contribution in [0, 0.1) is 0 Å². The number of nitrogens with one attached hydrogen (secondary N) is 2. The summed E-state index contributed by atoms with van der Waals surface area (Å²) in [6, 6.07) is 10.4. The molecule has 0 aliphatic carbocycles. The molecule has 0 bridgehead atoms. The van der Waals surface area contributed by atoms with E-state index in [0.717, 1.165) is 25.5 Å². The molecule has 1 amide bonds. The monoisotopic (exact) mass is 476 g/mol. The summed E-state index contributed by atoms with van der Waals surface area (Å²) >= 11 is 2.01. The minimum atomic E-state index is 0. The molecule has 2 N–H and O–H groups in total. The summed E-state index contributed by atoms with van der Waals surface area (Å²) in [7, 11) is 3.51. The zero-order valence-corrected chi connectivity index (χ0v) is 18.2. The van der Waals surface area contributed by atoms with E-state index in [1.807, 2.05) is 17.8 Å². The number of hydrogen-bond donors (Lipinski definition) is 2. The van der Waals surface area contributed by atoms with Gasteiger partial charge in [-0.1, -0.05) is 30.3 Å². The van der Waals surface area contributed by atoms with E-state index in [2.05, 4.69) is 39.9 Å². The number of nitrogens with zero attached hydrogens (tertiary/aromatic N) is 2. The highest BCUT2D eigenvalue weighted by atomic mass is 127. The maximum Gasteiger partial charge on any atom is 0.243 e. The Balaban J connectivity index is 0.00000312. The van der Waals surface area contributed by atoms with Crippen molar-refractivity contribution >= 4 is 47.6 Å². The van der Waals surface area contributed by atoms with Crippen LogP contribution in [0.4, 0.5) is 0 Å². The fraction of sp³-hybridized carbons (Fsp3) is 0.556. The van der Waals surface area contributed by atoms with Crippen LogP contribution in [-0.2, 0) is 11.2 Å². The van der Waals surface area contributed by atoms with Gasteiger partial charge in [-0.05, 0) is 30.6 Å². The summed E-state index contributed by atoms with van der Waals surface area (Å²) in [5, 5.41) is 7.38. The molecule has 1 aliphatic rings. The zero-order valence-electron chi connectivity index (χ0n) is 15.0. The van der Waals surface area contributed by atoms with E-state index in [4.69, 9.17) is 0 Å². The highest BCUT2D eigenvalue weighted by molar-refractivity contribution is 14.0. The molecule has 1 saturated heterocycles. The van der Waals surface area contributed by atoms with Gasteiger partial charge in [-0.3, -0.25) is 4.79 Å². The third-order valence-electron chi connectivity index (χ3n) is 3.94. The maximum atomic E-state index is 11.8. The van der Waals surface area contributed by atoms with Gasteiger partial charge in [0.05, 0.1) is 0 Å². The average molecular weight is 476 g/mol. The molecule has 1 fully saturated rings. The fourth-order valence-corrected chi connectivity index (χ4v) is 3.65. The highest BCUT2D eigenvalue weighted by Crippen LogP contribution is 2.25. The van der Waals surface area contributed by atoms with Crippen molar-refractivity contribution in [3.63, 3.8) is 0 Å². The van der Waals surface area contributed by atoms with Gasteiger partial charge in [0.1, 0.15) is 6.54 Å². The van der Waals surface area contributed by atoms with Crippen LogP contribution in [-0.4, -0.2) is 61.5 Å². The quantitative estimate of drug-likeness (QED) is 0.361. The third-order valence-corrected chi connectivity index (χ3v) is 5.34. The molecule has 0 aromatic heterocycles. The largest absolute Gasteiger partial charge is 0.356 e. The number of rotatable bonds is 7. The number of hydrogen-bond acceptors (Lipinski definition) is 3. The van der Waals surface area contributed by atoms with E-state index in [1.165, 1.54) is 24.2 Å². The number of likely N-dealkylation sites (N-methyl/N-ethyl adjacent to an activating group) is 1. The van der Waals surface area contributed by atoms with Crippen LogP contribution < -0.4 is 10.6 Å². The summed E-state index contributed by atoms with van der Waals surface area (Å²) in [5.41, 5.74) is 1.29. The van der Waals surface area contributed by atoms with Crippen LogP contribution in [0.2, 0.25) is 0 Å². The molecule has 1 heterocycles. The predicted octanol–water partition coefficient (Wildman–Crippen LogP) is 2.37. The molecular formula is C18H29IN4OS. The minimum absolute atomic E-state index is 0. The van der Waals surface area contributed by atoms with Crippen molar-refractivity contribution in [2.75, 3.05) is 39.5 Å². The normalized spacial score (nSPS) is 16.9. The summed E-state index contributed by atoms with van der Waals surface area (Å²) in [6.07, 6.45) is 3.48. The van der Waals surface area contributed by atoms with Crippen molar-refractivity contribution in [3.8, 4) is 0 Å². The summed E-state index contributed by atoms with van der Waals surface area (Å²) in [6.45, 7) is 1.87. The van der Waals surface area contributed by atoms with Gasteiger partial charge in [0, 0.05) is 32.4 Å². The van der Waals surface area contributed by atoms with E-state index < -0.39 is 0 Å². The maximum absolute atomic E-state index is 11.8. The van der Waals surface area contributed by atoms with Gasteiger partial charge in [-0.15, -0.1) is 24.0 Å². The van der Waals surface area contributed by atoms with Crippen LogP contribution >= 0.6 is 35.7 Å². The number of carbonyl (C=O) groups excluding carboxylic acids is 1. The van der Waals surface area contributed by atoms with Gasteiger partial charge in [0.2, 0.25) is 5.91 Å². The van der Waals surface area contributed by atoms with Gasteiger partial charge in [0.25, 0.3) is 0 Å². The average Bonchev–Trinajstić information content (AvgIpc) is 3.10. The predicted molar refractivity (Wildman–Crippen MR) is 118 cm³/mol. The number of amides is 1. The summed E-state index contributed by atoms with van der Waals surface area (Å²) in [5.74, 6) is 1.99. The number of carbonyl (C=O) groups is 1. The molecule has 1 aromatic rings. The molecule has 1 atom stereocenters. The Morgan fingerprint density at radius 1 is 1.28 bits per heavy atom. The lowest BCUT2D eigenvalue weighted by molar-refractivity contribution is -0.127. The lowest BCUT2D eigenvalue weighted by Crippen LogP contribution is -2.41. The van der Waals surface area contributed by atoms with Crippen LogP contribution in [0.25, 0.3) is 0 Å². The number of aliphatic imine (C=N–C) groups is 1. The zero-order chi connectivity index (χ0) is 17.2. The first-order chi connectivity index (χ1) is 11.6. The summed E-state index contributed by atoms with van der Waals surface area (Å²) in [4.78, 5) is 17.8. The van der Waals surface area contributed by atoms with Crippen molar-refractivity contribution in [3.05, 3.63) is 35.9 Å². The number of thioether (sulfide) groups is 1.